The van der Waals surface area contributed by atoms with Crippen LogP contribution < -0.4 is 4.72 Å². The summed E-state index contributed by atoms with van der Waals surface area (Å²) in [6, 6.07) is 12.3. The summed E-state index contributed by atoms with van der Waals surface area (Å²) in [6.45, 7) is 1.96. The van der Waals surface area contributed by atoms with E-state index in [4.69, 9.17) is 5.26 Å². The van der Waals surface area contributed by atoms with Crippen LogP contribution in [0.4, 0.5) is 5.82 Å². The molecule has 21 heavy (non-hydrogen) atoms. The number of nitriles is 1. The molecule has 0 unspecified atom stereocenters. The van der Waals surface area contributed by atoms with Gasteiger partial charge in [-0.3, -0.25) is 4.72 Å². The number of benzene rings is 1. The van der Waals surface area contributed by atoms with Gasteiger partial charge >= 0.3 is 0 Å². The van der Waals surface area contributed by atoms with Gasteiger partial charge in [-0.1, -0.05) is 29.8 Å². The van der Waals surface area contributed by atoms with Crippen molar-refractivity contribution in [2.75, 3.05) is 4.72 Å². The van der Waals surface area contributed by atoms with Crippen molar-refractivity contribution >= 4 is 21.9 Å². The minimum Gasteiger partial charge on any atom is -0.264 e. The standard InChI is InChI=1S/C15H13N3O2S/c1-12-2-4-13(5-3-12)8-9-21(19,20)18-15-7-6-14(10-16)11-17-15/h2-9,11H,1H3,(H,17,18)/b9-8-. The molecule has 0 aliphatic rings. The number of nitrogens with one attached hydrogen (secondary N) is 1. The van der Waals surface area contributed by atoms with E-state index in [2.05, 4.69) is 9.71 Å². The molecule has 0 radical (unpaired) electrons. The zero-order chi connectivity index (χ0) is 15.3. The summed E-state index contributed by atoms with van der Waals surface area (Å²) in [5.74, 6) is 0.169. The summed E-state index contributed by atoms with van der Waals surface area (Å²) in [5, 5.41) is 9.73. The molecule has 0 aliphatic carbocycles. The Bertz CT molecular complexity index is 786. The highest BCUT2D eigenvalue weighted by Crippen LogP contribution is 2.10. The van der Waals surface area contributed by atoms with Crippen LogP contribution in [-0.4, -0.2) is 13.4 Å². The minimum absolute atomic E-state index is 0.169. The number of nitrogens with zero attached hydrogens (tertiary/aromatic N) is 2. The average Bonchev–Trinajstić information content (AvgIpc) is 2.47. The van der Waals surface area contributed by atoms with E-state index < -0.39 is 10.0 Å². The van der Waals surface area contributed by atoms with Gasteiger partial charge in [0.05, 0.1) is 11.0 Å². The fourth-order valence-electron chi connectivity index (χ4n) is 1.55. The van der Waals surface area contributed by atoms with Gasteiger partial charge in [-0.05, 0) is 30.7 Å². The molecule has 1 N–H and O–H groups in total. The number of hydrogen-bond acceptors (Lipinski definition) is 4. The van der Waals surface area contributed by atoms with E-state index in [-0.39, 0.29) is 5.82 Å². The van der Waals surface area contributed by atoms with E-state index in [1.54, 1.807) is 0 Å². The third-order valence-electron chi connectivity index (χ3n) is 2.66. The first-order chi connectivity index (χ1) is 9.98. The van der Waals surface area contributed by atoms with Crippen LogP contribution in [0.15, 0.2) is 48.0 Å². The molecule has 5 nitrogen and oxygen atoms in total. The monoisotopic (exact) mass is 299 g/mol. The molecule has 0 aliphatic heterocycles. The highest BCUT2D eigenvalue weighted by atomic mass is 32.2. The Morgan fingerprint density at radius 1 is 1.19 bits per heavy atom. The average molecular weight is 299 g/mol. The number of aromatic nitrogens is 1. The van der Waals surface area contributed by atoms with Gasteiger partial charge < -0.3 is 0 Å². The topological polar surface area (TPSA) is 82.9 Å². The van der Waals surface area contributed by atoms with Crippen LogP contribution in [0.3, 0.4) is 0 Å². The summed E-state index contributed by atoms with van der Waals surface area (Å²) >= 11 is 0. The smallest absolute Gasteiger partial charge is 0.256 e. The van der Waals surface area contributed by atoms with Gasteiger partial charge in [-0.25, -0.2) is 13.4 Å². The third kappa shape index (κ3) is 4.44. The van der Waals surface area contributed by atoms with Crippen LogP contribution in [0.1, 0.15) is 16.7 Å². The van der Waals surface area contributed by atoms with Gasteiger partial charge in [0.1, 0.15) is 11.9 Å². The van der Waals surface area contributed by atoms with E-state index in [0.717, 1.165) is 16.5 Å². The Balaban J connectivity index is 2.11. The quantitative estimate of drug-likeness (QED) is 0.940. The Labute approximate surface area is 123 Å². The van der Waals surface area contributed by atoms with Crippen molar-refractivity contribution in [2.45, 2.75) is 6.92 Å². The number of sulfonamides is 1. The van der Waals surface area contributed by atoms with Gasteiger partial charge in [-0.2, -0.15) is 5.26 Å². The van der Waals surface area contributed by atoms with Gasteiger partial charge in [0.2, 0.25) is 0 Å². The molecule has 106 valence electrons. The van der Waals surface area contributed by atoms with Crippen molar-refractivity contribution in [1.82, 2.24) is 4.98 Å². The van der Waals surface area contributed by atoms with Crippen molar-refractivity contribution < 1.29 is 8.42 Å². The lowest BCUT2D eigenvalue weighted by Gasteiger charge is -2.03. The Hall–Kier alpha value is -2.65. The van der Waals surface area contributed by atoms with Crippen LogP contribution in [-0.2, 0) is 10.0 Å². The number of aryl methyl sites for hydroxylation is 1. The second-order valence-corrected chi connectivity index (χ2v) is 5.97. The summed E-state index contributed by atoms with van der Waals surface area (Å²) in [5.41, 5.74) is 2.27. The first-order valence-corrected chi connectivity index (χ1v) is 7.67. The zero-order valence-electron chi connectivity index (χ0n) is 11.3. The van der Waals surface area contributed by atoms with E-state index >= 15 is 0 Å². The summed E-state index contributed by atoms with van der Waals surface area (Å²) in [4.78, 5) is 3.85. The fourth-order valence-corrected chi connectivity index (χ4v) is 2.36. The second kappa shape index (κ2) is 6.20. The third-order valence-corrected chi connectivity index (χ3v) is 3.64. The second-order valence-electron chi connectivity index (χ2n) is 4.40. The molecule has 0 spiro atoms. The molecule has 0 amide bonds. The Morgan fingerprint density at radius 3 is 2.48 bits per heavy atom. The number of pyridine rings is 1. The molecule has 0 saturated carbocycles. The van der Waals surface area contributed by atoms with E-state index in [1.165, 1.54) is 24.4 Å². The molecule has 0 saturated heterocycles. The lowest BCUT2D eigenvalue weighted by molar-refractivity contribution is 0.609. The maximum absolute atomic E-state index is 11.9. The molecule has 1 aromatic heterocycles. The van der Waals surface area contributed by atoms with Crippen LogP contribution in [0, 0.1) is 18.3 Å². The molecule has 0 bridgehead atoms. The van der Waals surface area contributed by atoms with Crippen molar-refractivity contribution in [3.8, 4) is 6.07 Å². The van der Waals surface area contributed by atoms with Gasteiger partial charge in [-0.15, -0.1) is 0 Å². The highest BCUT2D eigenvalue weighted by molar-refractivity contribution is 7.95. The zero-order valence-corrected chi connectivity index (χ0v) is 12.1. The molecule has 2 rings (SSSR count). The van der Waals surface area contributed by atoms with Gasteiger partial charge in [0, 0.05) is 6.20 Å². The summed E-state index contributed by atoms with van der Waals surface area (Å²) in [7, 11) is -3.64. The van der Waals surface area contributed by atoms with Crippen LogP contribution >= 0.6 is 0 Å². The molecule has 2 aromatic rings. The van der Waals surface area contributed by atoms with E-state index in [9.17, 15) is 8.42 Å². The van der Waals surface area contributed by atoms with Crippen LogP contribution in [0.2, 0.25) is 0 Å². The summed E-state index contributed by atoms with van der Waals surface area (Å²) in [6.07, 6.45) is 2.81. The van der Waals surface area contributed by atoms with Crippen molar-refractivity contribution in [3.05, 3.63) is 64.7 Å². The first kappa shape index (κ1) is 14.8. The molecular weight excluding hydrogens is 286 g/mol. The fraction of sp³-hybridized carbons (Fsp3) is 0.0667. The minimum atomic E-state index is -3.64. The molecule has 1 heterocycles. The molecule has 0 atom stereocenters. The SMILES string of the molecule is Cc1ccc(/C=C\S(=O)(=O)Nc2ccc(C#N)cn2)cc1. The van der Waals surface area contributed by atoms with Crippen LogP contribution in [0.25, 0.3) is 6.08 Å². The molecular formula is C15H13N3O2S. The molecule has 1 aromatic carbocycles. The normalized spacial score (nSPS) is 11.2. The predicted octanol–water partition coefficient (Wildman–Crippen LogP) is 2.67. The lowest BCUT2D eigenvalue weighted by Crippen LogP contribution is -2.10. The van der Waals surface area contributed by atoms with Gasteiger partial charge in [0.15, 0.2) is 0 Å². The maximum atomic E-state index is 11.9. The van der Waals surface area contributed by atoms with Crippen molar-refractivity contribution in [2.24, 2.45) is 0 Å². The Kier molecular flexibility index (Phi) is 4.36. The Morgan fingerprint density at radius 2 is 1.90 bits per heavy atom. The number of rotatable bonds is 4. The van der Waals surface area contributed by atoms with E-state index in [0.29, 0.717) is 5.56 Å². The predicted molar refractivity (Wildman–Crippen MR) is 81.7 cm³/mol. The largest absolute Gasteiger partial charge is 0.264 e. The first-order valence-electron chi connectivity index (χ1n) is 6.12. The molecule has 6 heteroatoms. The number of hydrogen-bond donors (Lipinski definition) is 1. The maximum Gasteiger partial charge on any atom is 0.256 e. The van der Waals surface area contributed by atoms with Gasteiger partial charge in [0.25, 0.3) is 10.0 Å². The molecule has 0 fully saturated rings. The lowest BCUT2D eigenvalue weighted by atomic mass is 10.2. The van der Waals surface area contributed by atoms with Crippen molar-refractivity contribution in [3.63, 3.8) is 0 Å². The summed E-state index contributed by atoms with van der Waals surface area (Å²) < 4.78 is 26.1. The van der Waals surface area contributed by atoms with E-state index in [1.807, 2.05) is 37.3 Å². The number of anilines is 1. The van der Waals surface area contributed by atoms with Crippen LogP contribution in [0.5, 0.6) is 0 Å². The highest BCUT2D eigenvalue weighted by Gasteiger charge is 2.06. The van der Waals surface area contributed by atoms with Crippen molar-refractivity contribution in [1.29, 1.82) is 5.26 Å².